The molecule has 10 heteroatoms. The molecule has 158 valence electrons. The Balaban J connectivity index is 1.77. The van der Waals surface area contributed by atoms with Crippen LogP contribution in [0.1, 0.15) is 22.5 Å². The topological polar surface area (TPSA) is 68.5 Å². The molecule has 0 bridgehead atoms. The molecule has 4 rings (SSSR count). The molecular weight excluding hydrogens is 416 g/mol. The minimum absolute atomic E-state index is 0.0135. The zero-order chi connectivity index (χ0) is 22.0. The third-order valence-corrected chi connectivity index (χ3v) is 4.39. The van der Waals surface area contributed by atoms with Gasteiger partial charge in [-0.25, -0.2) is 18.3 Å². The molecule has 1 N–H and O–H groups in total. The quantitative estimate of drug-likeness (QED) is 0.428. The molecule has 0 aliphatic rings. The summed E-state index contributed by atoms with van der Waals surface area (Å²) in [6.07, 6.45) is -1.78. The van der Waals surface area contributed by atoms with Crippen molar-refractivity contribution in [2.24, 2.45) is 0 Å². The molecule has 31 heavy (non-hydrogen) atoms. The van der Waals surface area contributed by atoms with Gasteiger partial charge in [0.15, 0.2) is 5.65 Å². The molecule has 0 spiro atoms. The maximum atomic E-state index is 13.6. The third-order valence-electron chi connectivity index (χ3n) is 4.39. The first kappa shape index (κ1) is 20.3. The van der Waals surface area contributed by atoms with Crippen molar-refractivity contribution in [1.82, 2.24) is 14.6 Å². The Labute approximate surface area is 173 Å². The number of hydrogen-bond donors (Lipinski definition) is 1. The highest BCUT2D eigenvalue weighted by molar-refractivity contribution is 6.08. The molecule has 0 atom stereocenters. The fourth-order valence-corrected chi connectivity index (χ4v) is 3.02. The molecule has 6 nitrogen and oxygen atoms in total. The van der Waals surface area contributed by atoms with Crippen molar-refractivity contribution >= 4 is 17.2 Å². The van der Waals surface area contributed by atoms with Gasteiger partial charge in [-0.3, -0.25) is 4.79 Å². The van der Waals surface area contributed by atoms with Crippen molar-refractivity contribution in [3.05, 3.63) is 78.1 Å². The number of nitrogens with zero attached hydrogens (tertiary/aromatic N) is 3. The number of benzene rings is 2. The van der Waals surface area contributed by atoms with E-state index in [2.05, 4.69) is 20.1 Å². The van der Waals surface area contributed by atoms with Gasteiger partial charge < -0.3 is 10.1 Å². The fraction of sp³-hybridized carbons (Fsp3) is 0.0952. The number of carbonyl (C=O) groups is 1. The smallest absolute Gasteiger partial charge is 0.387 e. The van der Waals surface area contributed by atoms with E-state index in [0.717, 1.165) is 10.7 Å². The molecule has 0 radical (unpaired) electrons. The summed E-state index contributed by atoms with van der Waals surface area (Å²) in [5.41, 5.74) is 0.159. The van der Waals surface area contributed by atoms with Crippen LogP contribution in [-0.2, 0) is 0 Å². The van der Waals surface area contributed by atoms with Gasteiger partial charge in [-0.05, 0) is 18.2 Å². The Bertz CT molecular complexity index is 1230. The number of carbonyl (C=O) groups excluding carboxylic acids is 1. The van der Waals surface area contributed by atoms with Crippen LogP contribution in [0.15, 0.2) is 66.9 Å². The highest BCUT2D eigenvalue weighted by Gasteiger charge is 2.22. The standard InChI is InChI=1S/C21H14F4N4O2/c22-18(23)16-10-15(12-6-2-1-3-7-12)27-19-13(11-26-29(16)19)20(30)28-14-8-4-5-9-17(14)31-21(24)25/h1-11,18,21H,(H,28,30). The first-order valence-electron chi connectivity index (χ1n) is 9.01. The molecule has 2 aromatic heterocycles. The molecule has 0 unspecified atom stereocenters. The maximum absolute atomic E-state index is 13.6. The number of rotatable bonds is 6. The summed E-state index contributed by atoms with van der Waals surface area (Å²) in [5, 5.41) is 6.31. The minimum atomic E-state index is -3.08. The van der Waals surface area contributed by atoms with Crippen LogP contribution in [0.2, 0.25) is 0 Å². The average Bonchev–Trinajstić information content (AvgIpc) is 3.18. The van der Waals surface area contributed by atoms with Gasteiger partial charge in [-0.1, -0.05) is 42.5 Å². The summed E-state index contributed by atoms with van der Waals surface area (Å²) < 4.78 is 57.8. The van der Waals surface area contributed by atoms with Gasteiger partial charge in [0.05, 0.1) is 17.6 Å². The van der Waals surface area contributed by atoms with Crippen molar-refractivity contribution in [3.63, 3.8) is 0 Å². The van der Waals surface area contributed by atoms with Gasteiger partial charge in [0, 0.05) is 5.56 Å². The van der Waals surface area contributed by atoms with E-state index in [0.29, 0.717) is 5.56 Å². The molecule has 0 aliphatic heterocycles. The number of alkyl halides is 4. The number of nitrogens with one attached hydrogen (secondary N) is 1. The summed E-state index contributed by atoms with van der Waals surface area (Å²) in [5.74, 6) is -1.01. The zero-order valence-electron chi connectivity index (χ0n) is 15.7. The monoisotopic (exact) mass is 430 g/mol. The van der Waals surface area contributed by atoms with Crippen LogP contribution in [0.4, 0.5) is 23.2 Å². The second-order valence-corrected chi connectivity index (χ2v) is 6.36. The lowest BCUT2D eigenvalue weighted by atomic mass is 10.1. The van der Waals surface area contributed by atoms with Gasteiger partial charge in [0.25, 0.3) is 12.3 Å². The lowest BCUT2D eigenvalue weighted by Crippen LogP contribution is -2.14. The Morgan fingerprint density at radius 2 is 1.71 bits per heavy atom. The van der Waals surface area contributed by atoms with Gasteiger partial charge in [-0.2, -0.15) is 13.9 Å². The van der Waals surface area contributed by atoms with Gasteiger partial charge in [0.1, 0.15) is 17.0 Å². The predicted molar refractivity (Wildman–Crippen MR) is 104 cm³/mol. The number of fused-ring (bicyclic) bond motifs is 1. The Hall–Kier alpha value is -3.95. The number of para-hydroxylation sites is 2. The van der Waals surface area contributed by atoms with E-state index in [4.69, 9.17) is 0 Å². The van der Waals surface area contributed by atoms with E-state index in [-0.39, 0.29) is 28.3 Å². The van der Waals surface area contributed by atoms with Crippen LogP contribution < -0.4 is 10.1 Å². The van der Waals surface area contributed by atoms with E-state index >= 15 is 0 Å². The number of hydrogen-bond acceptors (Lipinski definition) is 4. The summed E-state index contributed by atoms with van der Waals surface area (Å²) >= 11 is 0. The number of anilines is 1. The molecule has 0 fully saturated rings. The van der Waals surface area contributed by atoms with Crippen molar-refractivity contribution in [2.45, 2.75) is 13.0 Å². The lowest BCUT2D eigenvalue weighted by Gasteiger charge is -2.11. The summed E-state index contributed by atoms with van der Waals surface area (Å²) in [6, 6.07) is 15.4. The highest BCUT2D eigenvalue weighted by Crippen LogP contribution is 2.29. The first-order chi connectivity index (χ1) is 14.9. The Kier molecular flexibility index (Phi) is 5.52. The van der Waals surface area contributed by atoms with E-state index in [9.17, 15) is 22.4 Å². The number of ether oxygens (including phenoxy) is 1. The third kappa shape index (κ3) is 4.18. The molecule has 2 heterocycles. The summed E-state index contributed by atoms with van der Waals surface area (Å²) in [6.45, 7) is -3.08. The zero-order valence-corrected chi connectivity index (χ0v) is 15.7. The summed E-state index contributed by atoms with van der Waals surface area (Å²) in [4.78, 5) is 17.2. The van der Waals surface area contributed by atoms with Crippen LogP contribution >= 0.6 is 0 Å². The summed E-state index contributed by atoms with van der Waals surface area (Å²) in [7, 11) is 0. The molecule has 0 saturated carbocycles. The van der Waals surface area contributed by atoms with E-state index in [1.807, 2.05) is 0 Å². The number of amides is 1. The van der Waals surface area contributed by atoms with Crippen LogP contribution in [0.25, 0.3) is 16.9 Å². The maximum Gasteiger partial charge on any atom is 0.387 e. The molecule has 1 amide bonds. The fourth-order valence-electron chi connectivity index (χ4n) is 3.02. The van der Waals surface area contributed by atoms with Crippen LogP contribution in [0.5, 0.6) is 5.75 Å². The largest absolute Gasteiger partial charge is 0.433 e. The van der Waals surface area contributed by atoms with Gasteiger partial charge in [-0.15, -0.1) is 0 Å². The van der Waals surface area contributed by atoms with Crippen LogP contribution in [0, 0.1) is 0 Å². The van der Waals surface area contributed by atoms with Gasteiger partial charge >= 0.3 is 6.61 Å². The van der Waals surface area contributed by atoms with Crippen molar-refractivity contribution in [2.75, 3.05) is 5.32 Å². The highest BCUT2D eigenvalue weighted by atomic mass is 19.3. The van der Waals surface area contributed by atoms with Crippen LogP contribution in [0.3, 0.4) is 0 Å². The van der Waals surface area contributed by atoms with E-state index in [1.54, 1.807) is 30.3 Å². The minimum Gasteiger partial charge on any atom is -0.433 e. The molecule has 4 aromatic rings. The average molecular weight is 430 g/mol. The predicted octanol–water partition coefficient (Wildman–Crippen LogP) is 5.19. The lowest BCUT2D eigenvalue weighted by molar-refractivity contribution is -0.0493. The van der Waals surface area contributed by atoms with Crippen LogP contribution in [-0.4, -0.2) is 27.1 Å². The van der Waals surface area contributed by atoms with Gasteiger partial charge in [0.2, 0.25) is 0 Å². The number of halogens is 4. The Morgan fingerprint density at radius 1 is 1.00 bits per heavy atom. The normalized spacial score (nSPS) is 11.3. The van der Waals surface area contributed by atoms with E-state index in [1.165, 1.54) is 30.3 Å². The molecule has 0 saturated heterocycles. The molecule has 0 aliphatic carbocycles. The second-order valence-electron chi connectivity index (χ2n) is 6.36. The second kappa shape index (κ2) is 8.42. The Morgan fingerprint density at radius 3 is 2.42 bits per heavy atom. The van der Waals surface area contributed by atoms with Crippen molar-refractivity contribution < 1.29 is 27.1 Å². The molecular formula is C21H14F4N4O2. The first-order valence-corrected chi connectivity index (χ1v) is 9.01. The number of aromatic nitrogens is 3. The molecule has 2 aromatic carbocycles. The van der Waals surface area contributed by atoms with E-state index < -0.39 is 24.6 Å². The SMILES string of the molecule is O=C(Nc1ccccc1OC(F)F)c1cnn2c(C(F)F)cc(-c3ccccc3)nc12. The van der Waals surface area contributed by atoms with Crippen molar-refractivity contribution in [1.29, 1.82) is 0 Å². The van der Waals surface area contributed by atoms with Crippen molar-refractivity contribution in [3.8, 4) is 17.0 Å².